The van der Waals surface area contributed by atoms with Gasteiger partial charge in [0.05, 0.1) is 32.0 Å². The van der Waals surface area contributed by atoms with Crippen molar-refractivity contribution in [2.24, 2.45) is 0 Å². The molecule has 0 aliphatic rings. The second kappa shape index (κ2) is 7.96. The Morgan fingerprint density at radius 2 is 1.72 bits per heavy atom. The molecule has 0 unspecified atom stereocenters. The van der Waals surface area contributed by atoms with Crippen LogP contribution in [0.1, 0.15) is 16.7 Å². The fourth-order valence-corrected chi connectivity index (χ4v) is 4.21. The molecule has 0 atom stereocenters. The number of ether oxygens (including phenoxy) is 1. The number of hydrogen-bond donors (Lipinski definition) is 0. The largest absolute Gasteiger partial charge is 0.496 e. The lowest BCUT2D eigenvalue weighted by molar-refractivity contribution is 0.408. The highest BCUT2D eigenvalue weighted by Crippen LogP contribution is 2.28. The maximum Gasteiger partial charge on any atom is 0.278 e. The van der Waals surface area contributed by atoms with E-state index in [0.29, 0.717) is 28.9 Å². The lowest BCUT2D eigenvalue weighted by atomic mass is 10.1. The topological polar surface area (TPSA) is 49.0 Å². The van der Waals surface area contributed by atoms with Crippen molar-refractivity contribution in [2.75, 3.05) is 7.11 Å². The van der Waals surface area contributed by atoms with Crippen LogP contribution in [-0.4, -0.2) is 21.2 Å². The second-order valence-electron chi connectivity index (χ2n) is 7.88. The van der Waals surface area contributed by atoms with Gasteiger partial charge in [0.1, 0.15) is 22.6 Å². The standard InChI is InChI=1S/C26H22FN3O2/c1-17-11-12-22-20(13-17)24-25(30(22)15-18-7-3-5-9-21(18)27)26(31)29(16-28-24)14-19-8-4-6-10-23(19)32-2/h3-13,16H,14-15H2,1-2H3. The summed E-state index contributed by atoms with van der Waals surface area (Å²) in [5.41, 5.74) is 4.24. The van der Waals surface area contributed by atoms with Gasteiger partial charge in [0.25, 0.3) is 5.56 Å². The summed E-state index contributed by atoms with van der Waals surface area (Å²) in [6.45, 7) is 2.57. The summed E-state index contributed by atoms with van der Waals surface area (Å²) >= 11 is 0. The van der Waals surface area contributed by atoms with Crippen LogP contribution in [0.4, 0.5) is 4.39 Å². The van der Waals surface area contributed by atoms with Crippen molar-refractivity contribution in [1.82, 2.24) is 14.1 Å². The van der Waals surface area contributed by atoms with Crippen molar-refractivity contribution in [2.45, 2.75) is 20.0 Å². The van der Waals surface area contributed by atoms with Gasteiger partial charge in [-0.15, -0.1) is 0 Å². The van der Waals surface area contributed by atoms with E-state index in [2.05, 4.69) is 4.98 Å². The first-order chi connectivity index (χ1) is 15.6. The smallest absolute Gasteiger partial charge is 0.278 e. The molecule has 0 aliphatic heterocycles. The minimum atomic E-state index is -0.298. The highest BCUT2D eigenvalue weighted by molar-refractivity contribution is 6.05. The number of halogens is 1. The van der Waals surface area contributed by atoms with Crippen LogP contribution in [0.25, 0.3) is 21.9 Å². The van der Waals surface area contributed by atoms with Crippen LogP contribution in [0.3, 0.4) is 0 Å². The van der Waals surface area contributed by atoms with Crippen molar-refractivity contribution in [1.29, 1.82) is 0 Å². The number of hydrogen-bond acceptors (Lipinski definition) is 3. The molecule has 6 heteroatoms. The van der Waals surface area contributed by atoms with E-state index in [4.69, 9.17) is 4.74 Å². The minimum absolute atomic E-state index is 0.175. The first kappa shape index (κ1) is 20.0. The summed E-state index contributed by atoms with van der Waals surface area (Å²) in [5.74, 6) is 0.412. The van der Waals surface area contributed by atoms with E-state index in [9.17, 15) is 9.18 Å². The van der Waals surface area contributed by atoms with Crippen LogP contribution in [0.2, 0.25) is 0 Å². The van der Waals surface area contributed by atoms with Crippen LogP contribution in [0, 0.1) is 12.7 Å². The molecule has 3 aromatic carbocycles. The summed E-state index contributed by atoms with van der Waals surface area (Å²) in [4.78, 5) is 18.3. The van der Waals surface area contributed by atoms with E-state index in [1.165, 1.54) is 6.07 Å². The SMILES string of the molecule is COc1ccccc1Cn1cnc2c3cc(C)ccc3n(Cc3ccccc3F)c2c1=O. The van der Waals surface area contributed by atoms with Crippen molar-refractivity contribution in [3.05, 3.63) is 106 Å². The number of methoxy groups -OCH3 is 1. The van der Waals surface area contributed by atoms with Crippen LogP contribution in [0.5, 0.6) is 5.75 Å². The van der Waals surface area contributed by atoms with Gasteiger partial charge in [-0.05, 0) is 31.2 Å². The van der Waals surface area contributed by atoms with E-state index in [-0.39, 0.29) is 17.9 Å². The molecule has 5 aromatic rings. The zero-order chi connectivity index (χ0) is 22.2. The number of aromatic nitrogens is 3. The van der Waals surface area contributed by atoms with Crippen LogP contribution >= 0.6 is 0 Å². The summed E-state index contributed by atoms with van der Waals surface area (Å²) in [5, 5.41) is 0.887. The van der Waals surface area contributed by atoms with E-state index < -0.39 is 0 Å². The Labute approximate surface area is 184 Å². The molecular formula is C26H22FN3O2. The molecule has 0 fully saturated rings. The highest BCUT2D eigenvalue weighted by atomic mass is 19.1. The van der Waals surface area contributed by atoms with Crippen molar-refractivity contribution in [3.8, 4) is 5.75 Å². The van der Waals surface area contributed by atoms with Crippen molar-refractivity contribution >= 4 is 21.9 Å². The predicted molar refractivity (Wildman–Crippen MR) is 124 cm³/mol. The lowest BCUT2D eigenvalue weighted by Gasteiger charge is -2.11. The maximum absolute atomic E-state index is 14.5. The summed E-state index contributed by atoms with van der Waals surface area (Å²) < 4.78 is 23.4. The minimum Gasteiger partial charge on any atom is -0.496 e. The first-order valence-electron chi connectivity index (χ1n) is 10.4. The van der Waals surface area contributed by atoms with Crippen LogP contribution in [-0.2, 0) is 13.1 Å². The molecule has 0 bridgehead atoms. The molecule has 0 saturated carbocycles. The summed E-state index contributed by atoms with van der Waals surface area (Å²) in [7, 11) is 1.61. The van der Waals surface area contributed by atoms with Crippen LogP contribution in [0.15, 0.2) is 77.9 Å². The fourth-order valence-electron chi connectivity index (χ4n) is 4.21. The molecule has 0 N–H and O–H groups in total. The number of benzene rings is 3. The number of nitrogens with zero attached hydrogens (tertiary/aromatic N) is 3. The van der Waals surface area contributed by atoms with Crippen LogP contribution < -0.4 is 10.3 Å². The summed E-state index contributed by atoms with van der Waals surface area (Å²) in [6.07, 6.45) is 1.58. The lowest BCUT2D eigenvalue weighted by Crippen LogP contribution is -2.23. The van der Waals surface area contributed by atoms with Gasteiger partial charge in [0.15, 0.2) is 0 Å². The zero-order valence-electron chi connectivity index (χ0n) is 17.9. The maximum atomic E-state index is 14.5. The molecule has 0 saturated heterocycles. The van der Waals surface area contributed by atoms with E-state index in [0.717, 1.165) is 22.0 Å². The Balaban J connectivity index is 1.74. The average molecular weight is 427 g/mol. The summed E-state index contributed by atoms with van der Waals surface area (Å²) in [6, 6.07) is 20.2. The Bertz CT molecular complexity index is 1520. The van der Waals surface area contributed by atoms with Gasteiger partial charge in [-0.1, -0.05) is 48.0 Å². The van der Waals surface area contributed by atoms with Gasteiger partial charge in [0, 0.05) is 16.5 Å². The molecule has 0 aliphatic carbocycles. The molecule has 160 valence electrons. The Morgan fingerprint density at radius 1 is 0.969 bits per heavy atom. The predicted octanol–water partition coefficient (Wildman–Crippen LogP) is 4.90. The van der Waals surface area contributed by atoms with Gasteiger partial charge >= 0.3 is 0 Å². The van der Waals surface area contributed by atoms with Gasteiger partial charge in [-0.2, -0.15) is 0 Å². The van der Waals surface area contributed by atoms with Gasteiger partial charge in [-0.3, -0.25) is 9.36 Å². The number of para-hydroxylation sites is 1. The van der Waals surface area contributed by atoms with E-state index >= 15 is 0 Å². The van der Waals surface area contributed by atoms with Gasteiger partial charge in [-0.25, -0.2) is 9.37 Å². The van der Waals surface area contributed by atoms with Crippen molar-refractivity contribution in [3.63, 3.8) is 0 Å². The Morgan fingerprint density at radius 3 is 2.50 bits per heavy atom. The molecular weight excluding hydrogens is 405 g/mol. The van der Waals surface area contributed by atoms with Crippen molar-refractivity contribution < 1.29 is 9.13 Å². The van der Waals surface area contributed by atoms with E-state index in [1.807, 2.05) is 54.0 Å². The first-order valence-corrected chi connectivity index (χ1v) is 10.4. The zero-order valence-corrected chi connectivity index (χ0v) is 17.9. The third-order valence-electron chi connectivity index (χ3n) is 5.80. The second-order valence-corrected chi connectivity index (χ2v) is 7.88. The molecule has 32 heavy (non-hydrogen) atoms. The molecule has 5 nitrogen and oxygen atoms in total. The third-order valence-corrected chi connectivity index (χ3v) is 5.80. The molecule has 2 heterocycles. The number of fused-ring (bicyclic) bond motifs is 3. The molecule has 2 aromatic heterocycles. The van der Waals surface area contributed by atoms with E-state index in [1.54, 1.807) is 36.2 Å². The Hall–Kier alpha value is -3.93. The number of rotatable bonds is 5. The normalized spacial score (nSPS) is 11.3. The fraction of sp³-hybridized carbons (Fsp3) is 0.154. The monoisotopic (exact) mass is 427 g/mol. The van der Waals surface area contributed by atoms with Gasteiger partial charge in [0.2, 0.25) is 0 Å². The number of aryl methyl sites for hydroxylation is 1. The van der Waals surface area contributed by atoms with Gasteiger partial charge < -0.3 is 9.30 Å². The quantitative estimate of drug-likeness (QED) is 0.401. The highest BCUT2D eigenvalue weighted by Gasteiger charge is 2.18. The molecule has 0 radical (unpaired) electrons. The third kappa shape index (κ3) is 3.34. The average Bonchev–Trinajstić information content (AvgIpc) is 3.11. The molecule has 0 amide bonds. The molecule has 5 rings (SSSR count). The molecule has 0 spiro atoms. The Kier molecular flexibility index (Phi) is 4.98.